The summed E-state index contributed by atoms with van der Waals surface area (Å²) in [6.45, 7) is 60.9. The average Bonchev–Trinajstić information content (AvgIpc) is 1.54. The number of ether oxygens (including phenoxy) is 8. The largest absolute Gasteiger partial charge is 0.465 e. The van der Waals surface area contributed by atoms with Gasteiger partial charge < -0.3 is 55.9 Å². The molecule has 2 spiro atoms. The number of hydrogen-bond acceptors (Lipinski definition) is 20. The standard InChI is InChI=1S/C26H26N2O3.C25H23BrN2O3.C14H32O3Si2.C12H26O3Si2.C9H18O2.C7H12O2.CH3Br/c1-16(2)24(29)30-18-12-10-17-11-13-22-23(19(17)14-18)27-15-26(31-22)25(3,4)20-8-6-7-9-21(20)28(26)5;1-15(26)23(29)30-17-11-9-16-10-12-21-22(18(16)13-17)27-14-25(31-21)24(2,3)19-7-5-6-8-20(19)28(25)4;1-9-14(2,3)13(15)16-11-10-12-19(7,8)17-18(4,5)6;1-11(2)12(13)14-9-8-10-17(6,7)15-16(3,4)5;1-4-6-7-11-9(10)8(3)5-2;1-3-5-6-9-7(8)4-2;1-2/h6-16H,1-5H3;5-15H,1-4H3;9-12H2,1-8H3;1,8-10H2,2-7H3;8H,4-7H2,1-3H3;4H,2-3,5-6H2,1H3;1H3. The topological polar surface area (TPSA) is 226 Å². The van der Waals surface area contributed by atoms with E-state index in [4.69, 9.17) is 51.4 Å². The molecule has 0 bridgehead atoms. The molecule has 662 valence electrons. The summed E-state index contributed by atoms with van der Waals surface area (Å²) in [5.41, 5.74) is 4.28. The molecule has 0 radical (unpaired) electrons. The van der Waals surface area contributed by atoms with Crippen LogP contribution in [0.25, 0.3) is 21.5 Å². The SMILES string of the molecule is C=C(C)C(=O)OCCC[Si](C)(C)O[Si](C)(C)C.C=CC(=O)OCCCC.CBr.CC(Br)C(=O)Oc1ccc2ccc3c(c2c1)N=CC1(O3)N(C)c2ccccc2C1(C)C.CC(C)C(=O)Oc1ccc2ccc3c(c2c1)N=CC1(O3)N(C)c2ccccc2C1(C)C.CCC(C)(C)C(=O)OCCC[Si](C)(C)O[Si](C)(C)C.CCCCOC(=O)C(C)CC. The van der Waals surface area contributed by atoms with Crippen LogP contribution < -0.4 is 28.7 Å². The van der Waals surface area contributed by atoms with Crippen molar-refractivity contribution >= 4 is 158 Å². The number of rotatable bonds is 28. The molecule has 0 N–H and O–H groups in total. The third-order valence-electron chi connectivity index (χ3n) is 21.0. The van der Waals surface area contributed by atoms with E-state index in [1.807, 2.05) is 147 Å². The first-order chi connectivity index (χ1) is 55.9. The van der Waals surface area contributed by atoms with Gasteiger partial charge in [-0.15, -0.1) is 0 Å². The molecule has 0 fully saturated rings. The average molecular weight is 1850 g/mol. The molecule has 0 saturated carbocycles. The normalized spacial score (nSPS) is 16.6. The molecule has 0 saturated heterocycles. The second-order valence-electron chi connectivity index (χ2n) is 35.7. The van der Waals surface area contributed by atoms with Crippen molar-refractivity contribution in [3.05, 3.63) is 145 Å². The zero-order valence-electron chi connectivity index (χ0n) is 77.2. The molecule has 4 aliphatic rings. The Labute approximate surface area is 738 Å². The lowest BCUT2D eigenvalue weighted by atomic mass is 9.77. The number of anilines is 2. The number of nitrogens with zero attached hydrogens (tertiary/aromatic N) is 4. The van der Waals surface area contributed by atoms with Crippen LogP contribution in [-0.4, -0.2) is 144 Å². The van der Waals surface area contributed by atoms with E-state index < -0.39 is 44.7 Å². The number of fused-ring (bicyclic) bond motifs is 8. The summed E-state index contributed by atoms with van der Waals surface area (Å²) < 4.78 is 57.0. The van der Waals surface area contributed by atoms with Crippen LogP contribution in [0.5, 0.6) is 23.0 Å². The van der Waals surface area contributed by atoms with Gasteiger partial charge in [-0.2, -0.15) is 0 Å². The van der Waals surface area contributed by atoms with Gasteiger partial charge in [-0.1, -0.05) is 167 Å². The lowest BCUT2D eigenvalue weighted by molar-refractivity contribution is -0.154. The number of likely N-dealkylation sites (N-methyl/N-ethyl adjacent to an activating group) is 2. The number of benzene rings is 6. The number of esters is 6. The Bertz CT molecular complexity index is 4320. The van der Waals surface area contributed by atoms with Crippen molar-refractivity contribution < 1.29 is 74.9 Å². The Kier molecular flexibility index (Phi) is 40.4. The van der Waals surface area contributed by atoms with Gasteiger partial charge in [0.2, 0.25) is 11.4 Å². The van der Waals surface area contributed by atoms with Crippen molar-refractivity contribution in [2.45, 2.75) is 260 Å². The highest BCUT2D eigenvalue weighted by atomic mass is 79.9. The highest BCUT2D eigenvalue weighted by molar-refractivity contribution is 9.10. The number of unbranched alkanes of at least 4 members (excludes halogenated alkanes) is 2. The zero-order chi connectivity index (χ0) is 90.7. The number of alkyl halides is 2. The molecule has 120 heavy (non-hydrogen) atoms. The molecule has 0 aromatic heterocycles. The quantitative estimate of drug-likeness (QED) is 0.00846. The van der Waals surface area contributed by atoms with Crippen molar-refractivity contribution in [1.82, 2.24) is 0 Å². The van der Waals surface area contributed by atoms with Gasteiger partial charge in [0.25, 0.3) is 0 Å². The van der Waals surface area contributed by atoms with Gasteiger partial charge in [-0.3, -0.25) is 29.2 Å². The number of carbonyl (C=O) groups is 6. The van der Waals surface area contributed by atoms with Gasteiger partial charge in [0, 0.05) is 47.9 Å². The summed E-state index contributed by atoms with van der Waals surface area (Å²) in [5.74, 6) is 2.75. The van der Waals surface area contributed by atoms with E-state index >= 15 is 0 Å². The molecule has 6 aromatic carbocycles. The minimum atomic E-state index is -1.59. The van der Waals surface area contributed by atoms with Crippen LogP contribution in [0.1, 0.15) is 166 Å². The molecule has 26 heteroatoms. The second kappa shape index (κ2) is 46.2. The van der Waals surface area contributed by atoms with E-state index in [1.165, 1.54) is 17.2 Å². The fourth-order valence-corrected chi connectivity index (χ4v) is 30.0. The molecule has 4 heterocycles. The van der Waals surface area contributed by atoms with Gasteiger partial charge >= 0.3 is 35.8 Å². The van der Waals surface area contributed by atoms with E-state index in [9.17, 15) is 28.8 Å². The summed E-state index contributed by atoms with van der Waals surface area (Å²) in [7, 11) is -2.00. The van der Waals surface area contributed by atoms with Gasteiger partial charge in [0.05, 0.1) is 66.9 Å². The zero-order valence-corrected chi connectivity index (χ0v) is 84.4. The Balaban J connectivity index is 0.000000318. The van der Waals surface area contributed by atoms with Crippen LogP contribution in [0.3, 0.4) is 0 Å². The smallest absolute Gasteiger partial charge is 0.333 e. The van der Waals surface area contributed by atoms with Crippen LogP contribution in [-0.2, 0) is 66.8 Å². The van der Waals surface area contributed by atoms with E-state index in [1.54, 1.807) is 19.9 Å². The maximum atomic E-state index is 12.0. The summed E-state index contributed by atoms with van der Waals surface area (Å²) in [6, 6.07) is 38.0. The molecule has 20 nitrogen and oxygen atoms in total. The second-order valence-corrected chi connectivity index (χ2v) is 55.2. The Morgan fingerprint density at radius 3 is 1.31 bits per heavy atom. The minimum absolute atomic E-state index is 0.0547. The van der Waals surface area contributed by atoms with Crippen molar-refractivity contribution in [3.8, 4) is 23.0 Å². The van der Waals surface area contributed by atoms with E-state index in [-0.39, 0.29) is 68.7 Å². The Morgan fingerprint density at radius 1 is 0.550 bits per heavy atom. The van der Waals surface area contributed by atoms with Crippen molar-refractivity contribution in [3.63, 3.8) is 0 Å². The van der Waals surface area contributed by atoms with Crippen molar-refractivity contribution in [1.29, 1.82) is 0 Å². The monoisotopic (exact) mass is 1850 g/mol. The molecule has 10 rings (SSSR count). The highest BCUT2D eigenvalue weighted by Gasteiger charge is 2.60. The fraction of sp³-hybridized carbons (Fsp3) is 0.532. The van der Waals surface area contributed by atoms with Gasteiger partial charge in [-0.05, 0) is 248 Å². The molecule has 6 aromatic rings. The number of aliphatic imine (C=N–C) groups is 2. The van der Waals surface area contributed by atoms with Crippen LogP contribution in [0.2, 0.25) is 77.6 Å². The number of hydrogen-bond donors (Lipinski definition) is 0. The number of para-hydroxylation sites is 2. The predicted octanol–water partition coefficient (Wildman–Crippen LogP) is 24.2. The van der Waals surface area contributed by atoms with E-state index in [0.717, 1.165) is 113 Å². The summed E-state index contributed by atoms with van der Waals surface area (Å²) >= 11 is 6.18. The van der Waals surface area contributed by atoms with Crippen LogP contribution >= 0.6 is 31.9 Å². The Hall–Kier alpha value is -7.57. The number of carbonyl (C=O) groups excluding carboxylic acids is 6. The molecule has 4 aliphatic heterocycles. The predicted molar refractivity (Wildman–Crippen MR) is 511 cm³/mol. The Morgan fingerprint density at radius 2 is 0.942 bits per heavy atom. The third kappa shape index (κ3) is 29.0. The van der Waals surface area contributed by atoms with Crippen LogP contribution in [0.4, 0.5) is 22.7 Å². The number of halogens is 2. The first-order valence-electron chi connectivity index (χ1n) is 42.0. The molecular weight excluding hydrogens is 1710 g/mol. The van der Waals surface area contributed by atoms with Gasteiger partial charge in [-0.25, -0.2) is 9.59 Å². The molecule has 0 amide bonds. The lowest BCUT2D eigenvalue weighted by Gasteiger charge is -2.45. The summed E-state index contributed by atoms with van der Waals surface area (Å²) in [6.07, 6.45) is 12.5. The molecule has 0 aliphatic carbocycles. The maximum absolute atomic E-state index is 12.0. The molecule has 4 unspecified atom stereocenters. The highest BCUT2D eigenvalue weighted by Crippen LogP contribution is 2.56. The van der Waals surface area contributed by atoms with Crippen molar-refractivity contribution in [2.75, 3.05) is 56.2 Å². The van der Waals surface area contributed by atoms with Gasteiger partial charge in [0.15, 0.2) is 33.3 Å². The van der Waals surface area contributed by atoms with Crippen LogP contribution in [0.15, 0.2) is 144 Å². The lowest BCUT2D eigenvalue weighted by Crippen LogP contribution is -2.61. The van der Waals surface area contributed by atoms with Gasteiger partial charge in [0.1, 0.15) is 39.2 Å². The van der Waals surface area contributed by atoms with E-state index in [2.05, 4.69) is 203 Å². The fourth-order valence-electron chi connectivity index (χ4n) is 13.8. The maximum Gasteiger partial charge on any atom is 0.333 e. The van der Waals surface area contributed by atoms with E-state index in [0.29, 0.717) is 49.2 Å². The minimum Gasteiger partial charge on any atom is -0.465 e. The molecular formula is C94H140Br2N4O16Si4. The summed E-state index contributed by atoms with van der Waals surface area (Å²) in [4.78, 5) is 82.1. The van der Waals surface area contributed by atoms with Crippen LogP contribution in [0, 0.1) is 17.3 Å². The first kappa shape index (κ1) is 105. The molecule has 4 atom stereocenters. The summed E-state index contributed by atoms with van der Waals surface area (Å²) in [5, 5.41) is 3.80. The third-order valence-corrected chi connectivity index (χ3v) is 33.8. The first-order valence-corrected chi connectivity index (χ1v) is 57.6. The van der Waals surface area contributed by atoms with Crippen molar-refractivity contribution in [2.24, 2.45) is 27.2 Å².